The van der Waals surface area contributed by atoms with E-state index < -0.39 is 0 Å². The fourth-order valence-electron chi connectivity index (χ4n) is 3.44. The molecule has 2 heterocycles. The molecule has 2 aromatic heterocycles. The van der Waals surface area contributed by atoms with Crippen molar-refractivity contribution in [3.63, 3.8) is 0 Å². The van der Waals surface area contributed by atoms with Crippen LogP contribution in [0.3, 0.4) is 0 Å². The molecule has 32 heavy (non-hydrogen) atoms. The number of carbonyl (C=O) groups excluding carboxylic acids is 2. The highest BCUT2D eigenvalue weighted by molar-refractivity contribution is 5.99. The summed E-state index contributed by atoms with van der Waals surface area (Å²) in [5.41, 5.74) is 4.69. The normalized spacial score (nSPS) is 12.9. The van der Waals surface area contributed by atoms with E-state index in [1.54, 1.807) is 6.20 Å². The number of amides is 2. The first-order chi connectivity index (χ1) is 15.2. The number of benzene rings is 1. The summed E-state index contributed by atoms with van der Waals surface area (Å²) >= 11 is 0. The predicted molar refractivity (Wildman–Crippen MR) is 129 cm³/mol. The lowest BCUT2D eigenvalue weighted by Crippen LogP contribution is -2.32. The molecule has 7 nitrogen and oxygen atoms in total. The predicted octanol–water partition coefficient (Wildman–Crippen LogP) is 4.75. The summed E-state index contributed by atoms with van der Waals surface area (Å²) < 4.78 is 1.91. The van der Waals surface area contributed by atoms with E-state index in [-0.39, 0.29) is 23.9 Å². The van der Waals surface area contributed by atoms with E-state index in [4.69, 9.17) is 0 Å². The number of aromatic nitrogens is 2. The van der Waals surface area contributed by atoms with Crippen LogP contribution in [0.1, 0.15) is 72.4 Å². The van der Waals surface area contributed by atoms with Crippen LogP contribution in [-0.2, 0) is 0 Å². The van der Waals surface area contributed by atoms with Crippen molar-refractivity contribution in [2.75, 3.05) is 5.32 Å². The Bertz CT molecular complexity index is 1130. The third-order valence-electron chi connectivity index (χ3n) is 5.92. The SMILES string of the molecule is CCC(C)NC(=O)c1ccc(C)c(Nc2nccn3cc(C(=O)N[C@@H](C)CC)c(C)c23)c1. The number of nitrogens with one attached hydrogen (secondary N) is 3. The molecule has 170 valence electrons. The van der Waals surface area contributed by atoms with Gasteiger partial charge in [0.1, 0.15) is 0 Å². The lowest BCUT2D eigenvalue weighted by Gasteiger charge is -2.15. The van der Waals surface area contributed by atoms with Crippen molar-refractivity contribution in [3.05, 3.63) is 59.0 Å². The van der Waals surface area contributed by atoms with Gasteiger partial charge in [-0.1, -0.05) is 19.9 Å². The summed E-state index contributed by atoms with van der Waals surface area (Å²) in [7, 11) is 0. The topological polar surface area (TPSA) is 87.5 Å². The summed E-state index contributed by atoms with van der Waals surface area (Å²) in [4.78, 5) is 29.9. The van der Waals surface area contributed by atoms with Gasteiger partial charge in [-0.15, -0.1) is 0 Å². The maximum Gasteiger partial charge on any atom is 0.253 e. The summed E-state index contributed by atoms with van der Waals surface area (Å²) in [5, 5.41) is 9.41. The number of hydrogen-bond acceptors (Lipinski definition) is 4. The molecule has 0 aliphatic heterocycles. The molecular weight excluding hydrogens is 402 g/mol. The number of aryl methyl sites for hydroxylation is 2. The highest BCUT2D eigenvalue weighted by atomic mass is 16.2. The fraction of sp³-hybridized carbons (Fsp3) is 0.400. The molecule has 3 rings (SSSR count). The molecule has 0 aliphatic carbocycles. The van der Waals surface area contributed by atoms with Crippen LogP contribution < -0.4 is 16.0 Å². The molecule has 0 fully saturated rings. The number of fused-ring (bicyclic) bond motifs is 1. The largest absolute Gasteiger partial charge is 0.350 e. The highest BCUT2D eigenvalue weighted by Gasteiger charge is 2.19. The minimum Gasteiger partial charge on any atom is -0.350 e. The Morgan fingerprint density at radius 3 is 2.34 bits per heavy atom. The van der Waals surface area contributed by atoms with E-state index in [9.17, 15) is 9.59 Å². The maximum absolute atomic E-state index is 12.8. The second-order valence-corrected chi connectivity index (χ2v) is 8.42. The molecule has 2 atom stereocenters. The van der Waals surface area contributed by atoms with Crippen LogP contribution >= 0.6 is 0 Å². The average molecular weight is 436 g/mol. The number of anilines is 2. The molecule has 0 radical (unpaired) electrons. The van der Waals surface area contributed by atoms with Gasteiger partial charge in [0, 0.05) is 41.9 Å². The molecule has 3 N–H and O–H groups in total. The number of nitrogens with zero attached hydrogens (tertiary/aromatic N) is 2. The smallest absolute Gasteiger partial charge is 0.253 e. The van der Waals surface area contributed by atoms with Gasteiger partial charge in [0.15, 0.2) is 5.82 Å². The number of carbonyl (C=O) groups is 2. The standard InChI is InChI=1S/C25H33N5O2/c1-7-16(4)27-24(31)19-10-9-15(3)21(13-19)29-23-22-18(6)20(14-30(22)12-11-26-23)25(32)28-17(5)8-2/h9-14,16-17H,7-8H2,1-6H3,(H,26,29)(H,27,31)(H,28,32)/t16?,17-/m0/s1. The van der Waals surface area contributed by atoms with Crippen molar-refractivity contribution in [1.82, 2.24) is 20.0 Å². The quantitative estimate of drug-likeness (QED) is 0.476. The van der Waals surface area contributed by atoms with Gasteiger partial charge in [0.05, 0.1) is 11.1 Å². The Morgan fingerprint density at radius 1 is 1.03 bits per heavy atom. The minimum atomic E-state index is -0.101. The molecule has 0 saturated carbocycles. The Labute approximate surface area is 189 Å². The van der Waals surface area contributed by atoms with Crippen molar-refractivity contribution < 1.29 is 9.59 Å². The summed E-state index contributed by atoms with van der Waals surface area (Å²) in [5.74, 6) is 0.443. The molecule has 0 spiro atoms. The van der Waals surface area contributed by atoms with Crippen LogP contribution in [0, 0.1) is 13.8 Å². The van der Waals surface area contributed by atoms with Gasteiger partial charge in [0.2, 0.25) is 0 Å². The van der Waals surface area contributed by atoms with Crippen LogP contribution in [-0.4, -0.2) is 33.3 Å². The van der Waals surface area contributed by atoms with E-state index >= 15 is 0 Å². The van der Waals surface area contributed by atoms with Gasteiger partial charge >= 0.3 is 0 Å². The Morgan fingerprint density at radius 2 is 1.69 bits per heavy atom. The van der Waals surface area contributed by atoms with Gasteiger partial charge in [-0.05, 0) is 63.8 Å². The van der Waals surface area contributed by atoms with Crippen molar-refractivity contribution in [2.45, 2.75) is 66.5 Å². The number of rotatable bonds is 8. The Balaban J connectivity index is 1.95. The average Bonchev–Trinajstić information content (AvgIpc) is 3.12. The first-order valence-electron chi connectivity index (χ1n) is 11.2. The lowest BCUT2D eigenvalue weighted by molar-refractivity contribution is 0.0930. The molecule has 0 aliphatic rings. The zero-order valence-corrected chi connectivity index (χ0v) is 19.7. The number of hydrogen-bond donors (Lipinski definition) is 3. The Hall–Kier alpha value is -3.35. The minimum absolute atomic E-state index is 0.0913. The van der Waals surface area contributed by atoms with Crippen molar-refractivity contribution >= 4 is 28.8 Å². The molecule has 7 heteroatoms. The van der Waals surface area contributed by atoms with E-state index in [1.807, 2.05) is 76.5 Å². The van der Waals surface area contributed by atoms with Gasteiger partial charge < -0.3 is 20.4 Å². The molecule has 0 bridgehead atoms. The molecule has 1 unspecified atom stereocenters. The van der Waals surface area contributed by atoms with E-state index in [0.29, 0.717) is 16.9 Å². The van der Waals surface area contributed by atoms with Crippen molar-refractivity contribution in [3.8, 4) is 0 Å². The molecule has 0 saturated heterocycles. The molecular formula is C25H33N5O2. The van der Waals surface area contributed by atoms with Crippen LogP contribution in [0.15, 0.2) is 36.8 Å². The highest BCUT2D eigenvalue weighted by Crippen LogP contribution is 2.28. The van der Waals surface area contributed by atoms with E-state index in [2.05, 4.69) is 20.9 Å². The maximum atomic E-state index is 12.8. The summed E-state index contributed by atoms with van der Waals surface area (Å²) in [6.07, 6.45) is 7.09. The summed E-state index contributed by atoms with van der Waals surface area (Å²) in [6, 6.07) is 5.80. The second-order valence-electron chi connectivity index (χ2n) is 8.42. The van der Waals surface area contributed by atoms with Crippen LogP contribution in [0.25, 0.3) is 5.52 Å². The van der Waals surface area contributed by atoms with E-state index in [0.717, 1.165) is 35.2 Å². The zero-order chi connectivity index (χ0) is 23.4. The van der Waals surface area contributed by atoms with Crippen LogP contribution in [0.4, 0.5) is 11.5 Å². The second kappa shape index (κ2) is 9.85. The lowest BCUT2D eigenvalue weighted by atomic mass is 10.1. The zero-order valence-electron chi connectivity index (χ0n) is 19.7. The van der Waals surface area contributed by atoms with Gasteiger partial charge in [-0.25, -0.2) is 4.98 Å². The van der Waals surface area contributed by atoms with Crippen LogP contribution in [0.5, 0.6) is 0 Å². The van der Waals surface area contributed by atoms with Gasteiger partial charge in [-0.2, -0.15) is 0 Å². The first-order valence-corrected chi connectivity index (χ1v) is 11.2. The van der Waals surface area contributed by atoms with Crippen molar-refractivity contribution in [2.24, 2.45) is 0 Å². The van der Waals surface area contributed by atoms with Gasteiger partial charge in [0.25, 0.3) is 11.8 Å². The van der Waals surface area contributed by atoms with Gasteiger partial charge in [-0.3, -0.25) is 9.59 Å². The fourth-order valence-corrected chi connectivity index (χ4v) is 3.44. The van der Waals surface area contributed by atoms with E-state index in [1.165, 1.54) is 0 Å². The molecule has 2 amide bonds. The van der Waals surface area contributed by atoms with Crippen molar-refractivity contribution in [1.29, 1.82) is 0 Å². The molecule has 3 aromatic rings. The third kappa shape index (κ3) is 4.93. The molecule has 1 aromatic carbocycles. The summed E-state index contributed by atoms with van der Waals surface area (Å²) in [6.45, 7) is 12.0. The third-order valence-corrected chi connectivity index (χ3v) is 5.92. The monoisotopic (exact) mass is 435 g/mol. The first kappa shape index (κ1) is 23.3. The Kier molecular flexibility index (Phi) is 7.18. The van der Waals surface area contributed by atoms with Crippen LogP contribution in [0.2, 0.25) is 0 Å².